The summed E-state index contributed by atoms with van der Waals surface area (Å²) in [5.41, 5.74) is -0.317. The largest absolute Gasteiger partial charge is 0.451 e. The molecule has 78 valence electrons. The number of carbonyl (C=O) groups is 1. The zero-order valence-corrected chi connectivity index (χ0v) is 8.45. The van der Waals surface area contributed by atoms with E-state index in [-0.39, 0.29) is 0 Å². The van der Waals surface area contributed by atoms with Crippen LogP contribution in [0.2, 0.25) is 0 Å². The first-order chi connectivity index (χ1) is 6.49. The lowest BCUT2D eigenvalue weighted by atomic mass is 10.0. The van der Waals surface area contributed by atoms with E-state index in [1.165, 1.54) is 0 Å². The number of ether oxygens (including phenoxy) is 1. The summed E-state index contributed by atoms with van der Waals surface area (Å²) in [4.78, 5) is 11.3. The first kappa shape index (κ1) is 11.0. The molecule has 2 unspecified atom stereocenters. The van der Waals surface area contributed by atoms with Crippen LogP contribution in [0, 0.1) is 0 Å². The van der Waals surface area contributed by atoms with Gasteiger partial charge < -0.3 is 9.84 Å². The standard InChI is InChI=1S/C11H16O3/c1-4-11(6-5-9(12)7-11)14-10(13)8(2)3/h4,9,12H,1-2,5-7H2,3H3. The Hall–Kier alpha value is -1.09. The Bertz CT molecular complexity index is 270. The topological polar surface area (TPSA) is 46.5 Å². The van der Waals surface area contributed by atoms with Gasteiger partial charge in [-0.2, -0.15) is 0 Å². The predicted molar refractivity (Wildman–Crippen MR) is 53.7 cm³/mol. The molecule has 14 heavy (non-hydrogen) atoms. The van der Waals surface area contributed by atoms with Crippen LogP contribution in [0.5, 0.6) is 0 Å². The van der Waals surface area contributed by atoms with Crippen molar-refractivity contribution in [1.29, 1.82) is 0 Å². The molecule has 1 N–H and O–H groups in total. The van der Waals surface area contributed by atoms with Gasteiger partial charge in [0.15, 0.2) is 0 Å². The van der Waals surface area contributed by atoms with Crippen LogP contribution < -0.4 is 0 Å². The summed E-state index contributed by atoms with van der Waals surface area (Å²) in [5, 5.41) is 9.39. The van der Waals surface area contributed by atoms with Crippen molar-refractivity contribution in [2.75, 3.05) is 0 Å². The van der Waals surface area contributed by atoms with Crippen LogP contribution in [-0.4, -0.2) is 22.8 Å². The highest BCUT2D eigenvalue weighted by Crippen LogP contribution is 2.34. The second kappa shape index (κ2) is 3.96. The Balaban J connectivity index is 2.68. The van der Waals surface area contributed by atoms with Crippen molar-refractivity contribution >= 4 is 5.97 Å². The minimum atomic E-state index is -0.685. The number of aliphatic hydroxyl groups excluding tert-OH is 1. The van der Waals surface area contributed by atoms with Gasteiger partial charge in [-0.1, -0.05) is 13.2 Å². The number of hydrogen-bond acceptors (Lipinski definition) is 3. The van der Waals surface area contributed by atoms with Gasteiger partial charge in [0.1, 0.15) is 5.60 Å². The molecule has 3 heteroatoms. The Morgan fingerprint density at radius 2 is 2.36 bits per heavy atom. The minimum Gasteiger partial charge on any atom is -0.451 e. The highest BCUT2D eigenvalue weighted by atomic mass is 16.6. The van der Waals surface area contributed by atoms with Crippen LogP contribution in [-0.2, 0) is 9.53 Å². The summed E-state index contributed by atoms with van der Waals surface area (Å²) in [6, 6.07) is 0. The van der Waals surface area contributed by atoms with E-state index >= 15 is 0 Å². The monoisotopic (exact) mass is 196 g/mol. The van der Waals surface area contributed by atoms with Crippen molar-refractivity contribution in [1.82, 2.24) is 0 Å². The van der Waals surface area contributed by atoms with Crippen LogP contribution >= 0.6 is 0 Å². The van der Waals surface area contributed by atoms with E-state index in [0.717, 1.165) is 0 Å². The molecule has 0 radical (unpaired) electrons. The van der Waals surface area contributed by atoms with Gasteiger partial charge in [-0.15, -0.1) is 0 Å². The second-order valence-electron chi connectivity index (χ2n) is 3.84. The summed E-state index contributed by atoms with van der Waals surface area (Å²) in [6.45, 7) is 8.76. The molecule has 1 aliphatic rings. The van der Waals surface area contributed by atoms with Crippen LogP contribution in [0.3, 0.4) is 0 Å². The molecule has 1 rings (SSSR count). The van der Waals surface area contributed by atoms with E-state index in [0.29, 0.717) is 24.8 Å². The average molecular weight is 196 g/mol. The number of esters is 1. The van der Waals surface area contributed by atoms with Crippen molar-refractivity contribution in [3.05, 3.63) is 24.8 Å². The molecule has 0 heterocycles. The third-order valence-corrected chi connectivity index (χ3v) is 2.50. The number of rotatable bonds is 3. The van der Waals surface area contributed by atoms with Gasteiger partial charge in [-0.25, -0.2) is 4.79 Å². The molecule has 0 aliphatic heterocycles. The smallest absolute Gasteiger partial charge is 0.333 e. The normalized spacial score (nSPS) is 31.1. The molecular formula is C11H16O3. The maximum Gasteiger partial charge on any atom is 0.333 e. The molecule has 1 saturated carbocycles. The van der Waals surface area contributed by atoms with E-state index in [9.17, 15) is 9.90 Å². The first-order valence-electron chi connectivity index (χ1n) is 4.69. The van der Waals surface area contributed by atoms with Gasteiger partial charge in [0.25, 0.3) is 0 Å². The number of hydrogen-bond donors (Lipinski definition) is 1. The van der Waals surface area contributed by atoms with E-state index in [1.54, 1.807) is 13.0 Å². The summed E-state index contributed by atoms with van der Waals surface area (Å²) in [5.74, 6) is -0.418. The fourth-order valence-electron chi connectivity index (χ4n) is 1.61. The third kappa shape index (κ3) is 2.23. The Labute approximate surface area is 84.1 Å². The molecular weight excluding hydrogens is 180 g/mol. The fraction of sp³-hybridized carbons (Fsp3) is 0.545. The molecule has 1 fully saturated rings. The summed E-state index contributed by atoms with van der Waals surface area (Å²) in [6.07, 6.45) is 2.93. The summed E-state index contributed by atoms with van der Waals surface area (Å²) >= 11 is 0. The van der Waals surface area contributed by atoms with Gasteiger partial charge >= 0.3 is 5.97 Å². The molecule has 1 aliphatic carbocycles. The van der Waals surface area contributed by atoms with E-state index in [2.05, 4.69) is 13.2 Å². The average Bonchev–Trinajstić information content (AvgIpc) is 2.48. The summed E-state index contributed by atoms with van der Waals surface area (Å²) < 4.78 is 5.26. The summed E-state index contributed by atoms with van der Waals surface area (Å²) in [7, 11) is 0. The van der Waals surface area contributed by atoms with Crippen molar-refractivity contribution in [2.45, 2.75) is 37.9 Å². The Morgan fingerprint density at radius 1 is 1.71 bits per heavy atom. The second-order valence-corrected chi connectivity index (χ2v) is 3.84. The van der Waals surface area contributed by atoms with E-state index in [1.807, 2.05) is 0 Å². The molecule has 0 aromatic rings. The van der Waals surface area contributed by atoms with E-state index in [4.69, 9.17) is 4.74 Å². The third-order valence-electron chi connectivity index (χ3n) is 2.50. The minimum absolute atomic E-state index is 0.368. The lowest BCUT2D eigenvalue weighted by molar-refractivity contribution is -0.150. The van der Waals surface area contributed by atoms with Gasteiger partial charge in [-0.3, -0.25) is 0 Å². The van der Waals surface area contributed by atoms with Crippen molar-refractivity contribution < 1.29 is 14.6 Å². The zero-order chi connectivity index (χ0) is 10.8. The lowest BCUT2D eigenvalue weighted by Crippen LogP contribution is -2.30. The van der Waals surface area contributed by atoms with E-state index < -0.39 is 17.7 Å². The molecule has 0 amide bonds. The van der Waals surface area contributed by atoms with Gasteiger partial charge in [0, 0.05) is 12.0 Å². The maximum atomic E-state index is 11.3. The molecule has 0 aromatic heterocycles. The van der Waals surface area contributed by atoms with Crippen LogP contribution in [0.15, 0.2) is 24.8 Å². The lowest BCUT2D eigenvalue weighted by Gasteiger charge is -2.25. The molecule has 0 aromatic carbocycles. The molecule has 0 spiro atoms. The fourth-order valence-corrected chi connectivity index (χ4v) is 1.61. The van der Waals surface area contributed by atoms with Crippen LogP contribution in [0.4, 0.5) is 0 Å². The van der Waals surface area contributed by atoms with Crippen LogP contribution in [0.1, 0.15) is 26.2 Å². The molecule has 0 bridgehead atoms. The van der Waals surface area contributed by atoms with Crippen molar-refractivity contribution in [2.24, 2.45) is 0 Å². The molecule has 3 nitrogen and oxygen atoms in total. The highest BCUT2D eigenvalue weighted by Gasteiger charge is 2.39. The van der Waals surface area contributed by atoms with Crippen molar-refractivity contribution in [3.63, 3.8) is 0 Å². The zero-order valence-electron chi connectivity index (χ0n) is 8.45. The van der Waals surface area contributed by atoms with Crippen molar-refractivity contribution in [3.8, 4) is 0 Å². The van der Waals surface area contributed by atoms with Gasteiger partial charge in [0.2, 0.25) is 0 Å². The SMILES string of the molecule is C=CC1(OC(=O)C(=C)C)CCC(O)C1. The number of carbonyl (C=O) groups excluding carboxylic acids is 1. The van der Waals surface area contributed by atoms with Crippen LogP contribution in [0.25, 0.3) is 0 Å². The Kier molecular flexibility index (Phi) is 3.11. The van der Waals surface area contributed by atoms with Gasteiger partial charge in [-0.05, 0) is 25.8 Å². The van der Waals surface area contributed by atoms with Gasteiger partial charge in [0.05, 0.1) is 6.10 Å². The molecule has 2 atom stereocenters. The number of aliphatic hydroxyl groups is 1. The quantitative estimate of drug-likeness (QED) is 0.423. The maximum absolute atomic E-state index is 11.3. The highest BCUT2D eigenvalue weighted by molar-refractivity contribution is 5.87. The predicted octanol–water partition coefficient (Wildman–Crippen LogP) is 1.58. The first-order valence-corrected chi connectivity index (χ1v) is 4.69. The molecule has 0 saturated heterocycles. The Morgan fingerprint density at radius 3 is 2.71 bits per heavy atom.